The van der Waals surface area contributed by atoms with Crippen molar-refractivity contribution in [2.75, 3.05) is 0 Å². The van der Waals surface area contributed by atoms with Crippen LogP contribution in [0.2, 0.25) is 0 Å². The molecule has 5 heteroatoms. The summed E-state index contributed by atoms with van der Waals surface area (Å²) >= 11 is 1.96. The van der Waals surface area contributed by atoms with Gasteiger partial charge in [0, 0.05) is 0 Å². The predicted molar refractivity (Wildman–Crippen MR) is 50.3 cm³/mol. The van der Waals surface area contributed by atoms with Crippen LogP contribution in [0.1, 0.15) is 6.92 Å². The molecule has 0 aromatic rings. The SMILES string of the molecule is C/C=C1\SC(=[N]\[Pb])/C(=C\O)C1=O. The number of rotatable bonds is 0. The van der Waals surface area contributed by atoms with Gasteiger partial charge in [-0.15, -0.1) is 0 Å². The minimum absolute atomic E-state index is 0.125. The Bertz CT molecular complexity index is 303. The van der Waals surface area contributed by atoms with Gasteiger partial charge in [0.1, 0.15) is 0 Å². The maximum atomic E-state index is 11.4. The summed E-state index contributed by atoms with van der Waals surface area (Å²) in [6, 6.07) is 0. The molecule has 0 unspecified atom stereocenters. The average Bonchev–Trinajstić information content (AvgIpc) is 2.41. The van der Waals surface area contributed by atoms with Crippen LogP contribution in [0, 0.1) is 0 Å². The van der Waals surface area contributed by atoms with E-state index in [2.05, 4.69) is 2.80 Å². The zero-order valence-corrected chi connectivity index (χ0v) is 11.1. The number of hydrogen-bond acceptors (Lipinski definition) is 4. The van der Waals surface area contributed by atoms with Crippen LogP contribution in [0.3, 0.4) is 0 Å². The van der Waals surface area contributed by atoms with Crippen LogP contribution < -0.4 is 0 Å². The molecule has 0 spiro atoms. The van der Waals surface area contributed by atoms with Gasteiger partial charge in [0.05, 0.1) is 0 Å². The molecule has 3 radical (unpaired) electrons. The molecule has 1 aliphatic heterocycles. The van der Waals surface area contributed by atoms with Gasteiger partial charge in [0.15, 0.2) is 0 Å². The molecular weight excluding hydrogens is 369 g/mol. The normalized spacial score (nSPS) is 27.8. The fraction of sp³-hybridized carbons (Fsp3) is 0.143. The second-order valence-electron chi connectivity index (χ2n) is 2.04. The van der Waals surface area contributed by atoms with Crippen LogP contribution in [-0.2, 0) is 4.79 Å². The van der Waals surface area contributed by atoms with Crippen LogP contribution in [0.5, 0.6) is 0 Å². The van der Waals surface area contributed by atoms with Gasteiger partial charge >= 0.3 is 91.1 Å². The Morgan fingerprint density at radius 1 is 1.67 bits per heavy atom. The first-order valence-corrected chi connectivity index (χ1v) is 5.78. The van der Waals surface area contributed by atoms with E-state index in [1.165, 1.54) is 11.8 Å². The molecule has 1 rings (SSSR count). The Labute approximate surface area is 90.8 Å². The van der Waals surface area contributed by atoms with E-state index in [-0.39, 0.29) is 5.78 Å². The molecule has 3 nitrogen and oxygen atoms in total. The van der Waals surface area contributed by atoms with E-state index in [9.17, 15) is 4.79 Å². The Hall–Kier alpha value is -0.108. The standard InChI is InChI=1S/C7H6NO2S.Pb/c1-2-5-6(10)4(3-9)7(8)11-5;/h2-3,9H,1H3;/q-1;+1/b4-3-,5-2-;. The van der Waals surface area contributed by atoms with Crippen molar-refractivity contribution in [3.05, 3.63) is 22.8 Å². The summed E-state index contributed by atoms with van der Waals surface area (Å²) in [6.45, 7) is 1.80. The fourth-order valence-electron chi connectivity index (χ4n) is 0.822. The molecule has 1 saturated heterocycles. The molecule has 0 bridgehead atoms. The topological polar surface area (TPSA) is 49.7 Å². The summed E-state index contributed by atoms with van der Waals surface area (Å²) < 4.78 is 4.02. The first-order chi connectivity index (χ1) is 5.74. The van der Waals surface area contributed by atoms with Gasteiger partial charge in [0.2, 0.25) is 0 Å². The van der Waals surface area contributed by atoms with Crippen molar-refractivity contribution in [3.8, 4) is 0 Å². The molecule has 1 aliphatic rings. The Kier molecular flexibility index (Phi) is 3.51. The molecule has 0 atom stereocenters. The number of aliphatic hydroxyl groups is 1. The van der Waals surface area contributed by atoms with E-state index >= 15 is 0 Å². The number of ketones is 1. The fourth-order valence-corrected chi connectivity index (χ4v) is 2.65. The molecule has 1 N–H and O–H groups in total. The van der Waals surface area contributed by atoms with Crippen LogP contribution in [-0.4, -0.2) is 42.0 Å². The molecule has 0 aromatic heterocycles. The van der Waals surface area contributed by atoms with E-state index in [4.69, 9.17) is 5.11 Å². The molecule has 61 valence electrons. The van der Waals surface area contributed by atoms with Crippen molar-refractivity contribution in [2.24, 2.45) is 2.80 Å². The number of nitrogens with zero attached hydrogens (tertiary/aromatic N) is 1. The van der Waals surface area contributed by atoms with E-state index < -0.39 is 0 Å². The number of allylic oxidation sites excluding steroid dienone is 2. The summed E-state index contributed by atoms with van der Waals surface area (Å²) in [5.41, 5.74) is 0.322. The zero-order valence-electron chi connectivity index (χ0n) is 6.37. The third-order valence-electron chi connectivity index (χ3n) is 1.40. The molecule has 0 amide bonds. The molecule has 0 aliphatic carbocycles. The quantitative estimate of drug-likeness (QED) is 0.392. The van der Waals surface area contributed by atoms with Gasteiger partial charge in [-0.1, -0.05) is 0 Å². The van der Waals surface area contributed by atoms with Crippen molar-refractivity contribution in [3.63, 3.8) is 0 Å². The van der Waals surface area contributed by atoms with Gasteiger partial charge in [-0.3, -0.25) is 0 Å². The van der Waals surface area contributed by atoms with Gasteiger partial charge in [-0.25, -0.2) is 0 Å². The number of carbonyl (C=O) groups is 1. The van der Waals surface area contributed by atoms with E-state index in [1.807, 2.05) is 0 Å². The Morgan fingerprint density at radius 2 is 2.33 bits per heavy atom. The summed E-state index contributed by atoms with van der Waals surface area (Å²) in [4.78, 5) is 12.0. The Balaban J connectivity index is 3.12. The predicted octanol–water partition coefficient (Wildman–Crippen LogP) is 1.13. The van der Waals surface area contributed by atoms with Crippen molar-refractivity contribution < 1.29 is 9.90 Å². The van der Waals surface area contributed by atoms with Crippen LogP contribution in [0.15, 0.2) is 25.6 Å². The van der Waals surface area contributed by atoms with Gasteiger partial charge < -0.3 is 0 Å². The number of thioether (sulfide) groups is 1. The maximum absolute atomic E-state index is 11.4. The molecular formula is C7H6NO2PbS. The van der Waals surface area contributed by atoms with E-state index in [1.54, 1.807) is 13.0 Å². The third-order valence-corrected chi connectivity index (χ3v) is 4.04. The third kappa shape index (κ3) is 1.63. The van der Waals surface area contributed by atoms with E-state index in [0.29, 0.717) is 41.6 Å². The second kappa shape index (κ2) is 4.22. The van der Waals surface area contributed by atoms with Gasteiger partial charge in [-0.2, -0.15) is 0 Å². The van der Waals surface area contributed by atoms with E-state index in [0.717, 1.165) is 6.26 Å². The monoisotopic (exact) mass is 376 g/mol. The van der Waals surface area contributed by atoms with Crippen LogP contribution in [0.4, 0.5) is 0 Å². The summed E-state index contributed by atoms with van der Waals surface area (Å²) in [6.07, 6.45) is 2.57. The number of hydrogen-bond donors (Lipinski definition) is 1. The van der Waals surface area contributed by atoms with Gasteiger partial charge in [-0.05, 0) is 0 Å². The average molecular weight is 375 g/mol. The van der Waals surface area contributed by atoms with Gasteiger partial charge in [0.25, 0.3) is 0 Å². The number of aliphatic hydroxyl groups excluding tert-OH is 1. The van der Waals surface area contributed by atoms with Crippen LogP contribution >= 0.6 is 11.8 Å². The summed E-state index contributed by atoms with van der Waals surface area (Å²) in [7, 11) is 0. The number of carbonyl (C=O) groups excluding carboxylic acids is 1. The molecule has 0 aromatic carbocycles. The Morgan fingerprint density at radius 3 is 2.67 bits per heavy atom. The second-order valence-corrected chi connectivity index (χ2v) is 3.94. The van der Waals surface area contributed by atoms with Crippen LogP contribution in [0.25, 0.3) is 0 Å². The molecule has 1 fully saturated rings. The molecule has 0 saturated carbocycles. The van der Waals surface area contributed by atoms with Crippen molar-refractivity contribution in [1.29, 1.82) is 0 Å². The summed E-state index contributed by atoms with van der Waals surface area (Å²) in [5.74, 6) is -0.125. The first-order valence-electron chi connectivity index (χ1n) is 3.22. The zero-order chi connectivity index (χ0) is 9.14. The first kappa shape index (κ1) is 9.98. The van der Waals surface area contributed by atoms with Crippen molar-refractivity contribution >= 4 is 48.7 Å². The molecule has 12 heavy (non-hydrogen) atoms. The van der Waals surface area contributed by atoms with Crippen molar-refractivity contribution in [1.82, 2.24) is 0 Å². The van der Waals surface area contributed by atoms with Crippen molar-refractivity contribution in [2.45, 2.75) is 6.92 Å². The number of Topliss-reactive ketones (excluding diaryl/α,β-unsaturated/α-hetero) is 1. The molecule has 1 heterocycles. The minimum atomic E-state index is -0.125. The summed E-state index contributed by atoms with van der Waals surface area (Å²) in [5, 5.41) is 9.40.